The summed E-state index contributed by atoms with van der Waals surface area (Å²) in [5.74, 6) is -1.85. The molecule has 0 rings (SSSR count). The highest BCUT2D eigenvalue weighted by Gasteiger charge is 2.49. The predicted molar refractivity (Wildman–Crippen MR) is 127 cm³/mol. The van der Waals surface area contributed by atoms with E-state index >= 15 is 0 Å². The lowest BCUT2D eigenvalue weighted by Crippen LogP contribution is -2.66. The van der Waals surface area contributed by atoms with Crippen LogP contribution in [-0.4, -0.2) is 57.0 Å². The van der Waals surface area contributed by atoms with Crippen molar-refractivity contribution in [1.82, 2.24) is 5.32 Å². The number of ether oxygens (including phenoxy) is 1. The number of aliphatic hydroxyl groups excluding tert-OH is 2. The van der Waals surface area contributed by atoms with Crippen molar-refractivity contribution in [2.75, 3.05) is 13.7 Å². The molecular weight excluding hydrogens is 481 g/mol. The number of alkyl halides is 3. The molecule has 32 heavy (non-hydrogen) atoms. The van der Waals surface area contributed by atoms with Crippen molar-refractivity contribution in [3.63, 3.8) is 0 Å². The molecule has 0 fully saturated rings. The number of nitrogens with one attached hydrogen (secondary N) is 1. The maximum Gasteiger partial charge on any atom is 0.336 e. The largest absolute Gasteiger partial charge is 0.467 e. The van der Waals surface area contributed by atoms with Gasteiger partial charge in [0.25, 0.3) is 9.70 Å². The summed E-state index contributed by atoms with van der Waals surface area (Å²) in [6.45, 7) is 1.23. The smallest absolute Gasteiger partial charge is 0.336 e. The molecule has 0 aromatic carbocycles. The first-order valence-electron chi connectivity index (χ1n) is 11.3. The van der Waals surface area contributed by atoms with Crippen LogP contribution in [0.3, 0.4) is 0 Å². The minimum Gasteiger partial charge on any atom is -0.467 e. The molecule has 188 valence electrons. The normalized spacial score (nSPS) is 14.5. The number of halogens is 3. The monoisotopic (exact) mass is 517 g/mol. The number of methoxy groups -OCH3 is 1. The van der Waals surface area contributed by atoms with Crippen LogP contribution in [0.1, 0.15) is 90.4 Å². The molecular formula is C22H38Cl3NO6. The number of unbranched alkanes of at least 4 members (excludes halogenated alkanes) is 8. The number of carbonyl (C=O) groups excluding carboxylic acids is 3. The van der Waals surface area contributed by atoms with Crippen molar-refractivity contribution in [2.24, 2.45) is 0 Å². The Morgan fingerprint density at radius 2 is 1.41 bits per heavy atom. The van der Waals surface area contributed by atoms with Crippen molar-refractivity contribution in [3.8, 4) is 0 Å². The molecule has 0 bridgehead atoms. The van der Waals surface area contributed by atoms with Crippen molar-refractivity contribution < 1.29 is 29.3 Å². The van der Waals surface area contributed by atoms with E-state index < -0.39 is 33.9 Å². The van der Waals surface area contributed by atoms with Gasteiger partial charge in [-0.1, -0.05) is 93.1 Å². The molecule has 0 aliphatic rings. The summed E-state index contributed by atoms with van der Waals surface area (Å²) in [6.07, 6.45) is 9.52. The zero-order chi connectivity index (χ0) is 24.6. The van der Waals surface area contributed by atoms with Gasteiger partial charge in [0.1, 0.15) is 5.78 Å². The van der Waals surface area contributed by atoms with Crippen molar-refractivity contribution >= 4 is 52.5 Å². The second kappa shape index (κ2) is 16.9. The summed E-state index contributed by atoms with van der Waals surface area (Å²) in [5, 5.41) is 22.4. The zero-order valence-corrected chi connectivity index (χ0v) is 21.4. The van der Waals surface area contributed by atoms with E-state index in [-0.39, 0.29) is 6.42 Å². The fraction of sp³-hybridized carbons (Fsp3) is 0.864. The molecule has 2 atom stereocenters. The van der Waals surface area contributed by atoms with Gasteiger partial charge in [0.2, 0.25) is 0 Å². The summed E-state index contributed by atoms with van der Waals surface area (Å²) < 4.78 is 2.27. The number of aliphatic hydroxyl groups is 2. The van der Waals surface area contributed by atoms with Gasteiger partial charge in [0, 0.05) is 12.8 Å². The highest BCUT2D eigenvalue weighted by atomic mass is 35.6. The summed E-state index contributed by atoms with van der Waals surface area (Å²) in [5.41, 5.74) is -2.12. The SMILES string of the molecule is CCCCCCC(=O)CCCCCCCC[C@@H](O)[C@@](CO)(NC(=O)C(Cl)(Cl)Cl)C(=O)OC. The van der Waals surface area contributed by atoms with Crippen LogP contribution in [0, 0.1) is 0 Å². The zero-order valence-electron chi connectivity index (χ0n) is 19.1. The average molecular weight is 519 g/mol. The fourth-order valence-corrected chi connectivity index (χ4v) is 3.56. The quantitative estimate of drug-likeness (QED) is 0.141. The molecule has 10 heteroatoms. The van der Waals surface area contributed by atoms with Crippen LogP contribution in [0.15, 0.2) is 0 Å². The molecule has 3 N–H and O–H groups in total. The fourth-order valence-electron chi connectivity index (χ4n) is 3.42. The molecule has 0 heterocycles. The van der Waals surface area contributed by atoms with E-state index in [0.717, 1.165) is 52.1 Å². The Kier molecular flexibility index (Phi) is 16.6. The third-order valence-corrected chi connectivity index (χ3v) is 5.97. The third-order valence-electron chi connectivity index (χ3n) is 5.45. The second-order valence-electron chi connectivity index (χ2n) is 8.10. The van der Waals surface area contributed by atoms with E-state index in [4.69, 9.17) is 34.8 Å². The Bertz CT molecular complexity index is 570. The molecule has 0 unspecified atom stereocenters. The van der Waals surface area contributed by atoms with Gasteiger partial charge >= 0.3 is 5.97 Å². The van der Waals surface area contributed by atoms with Crippen molar-refractivity contribution in [3.05, 3.63) is 0 Å². The van der Waals surface area contributed by atoms with E-state index in [1.54, 1.807) is 0 Å². The Morgan fingerprint density at radius 1 is 0.906 bits per heavy atom. The van der Waals surface area contributed by atoms with Crippen LogP contribution >= 0.6 is 34.8 Å². The van der Waals surface area contributed by atoms with Crippen LogP contribution in [0.5, 0.6) is 0 Å². The molecule has 0 spiro atoms. The van der Waals surface area contributed by atoms with Crippen LogP contribution in [0.4, 0.5) is 0 Å². The predicted octanol–water partition coefficient (Wildman–Crippen LogP) is 4.40. The average Bonchev–Trinajstić information content (AvgIpc) is 2.75. The van der Waals surface area contributed by atoms with Gasteiger partial charge in [-0.25, -0.2) is 4.79 Å². The maximum absolute atomic E-state index is 12.2. The number of ketones is 1. The lowest BCUT2D eigenvalue weighted by Gasteiger charge is -2.35. The van der Waals surface area contributed by atoms with Crippen LogP contribution in [0.25, 0.3) is 0 Å². The van der Waals surface area contributed by atoms with Gasteiger partial charge in [-0.05, 0) is 19.3 Å². The van der Waals surface area contributed by atoms with Gasteiger partial charge in [0.15, 0.2) is 5.54 Å². The standard InChI is InChI=1S/C22H38Cl3NO6/c1-3-4-5-10-13-17(28)14-11-8-6-7-9-12-15-18(29)21(16-27,20(31)32-2)26-19(30)22(23,24)25/h18,27,29H,3-16H2,1-2H3,(H,26,30)/t18-,21-/m1/s1. The van der Waals surface area contributed by atoms with Crippen molar-refractivity contribution in [1.29, 1.82) is 0 Å². The molecule has 0 aliphatic carbocycles. The molecule has 0 aromatic heterocycles. The minimum atomic E-state index is -2.37. The lowest BCUT2D eigenvalue weighted by molar-refractivity contribution is -0.160. The first-order chi connectivity index (χ1) is 15.0. The first kappa shape index (κ1) is 31.4. The van der Waals surface area contributed by atoms with Gasteiger partial charge in [-0.15, -0.1) is 0 Å². The van der Waals surface area contributed by atoms with Crippen molar-refractivity contribution in [2.45, 2.75) is 106 Å². The number of esters is 1. The van der Waals surface area contributed by atoms with E-state index in [1.165, 1.54) is 12.8 Å². The summed E-state index contributed by atoms with van der Waals surface area (Å²) in [7, 11) is 1.07. The Labute approximate surface area is 206 Å². The van der Waals surface area contributed by atoms with E-state index in [0.29, 0.717) is 25.0 Å². The summed E-state index contributed by atoms with van der Waals surface area (Å²) >= 11 is 16.6. The van der Waals surface area contributed by atoms with E-state index in [2.05, 4.69) is 17.0 Å². The number of carbonyl (C=O) groups is 3. The lowest BCUT2D eigenvalue weighted by atomic mass is 9.89. The van der Waals surface area contributed by atoms with Gasteiger partial charge in [-0.2, -0.15) is 0 Å². The minimum absolute atomic E-state index is 0.131. The highest BCUT2D eigenvalue weighted by Crippen LogP contribution is 2.28. The van der Waals surface area contributed by atoms with Crippen LogP contribution < -0.4 is 5.32 Å². The molecule has 0 aliphatic heterocycles. The molecule has 0 aromatic rings. The number of Topliss-reactive ketones (excluding diaryl/α,β-unsaturated/α-hetero) is 1. The molecule has 0 saturated heterocycles. The first-order valence-corrected chi connectivity index (χ1v) is 12.5. The van der Waals surface area contributed by atoms with Gasteiger partial charge < -0.3 is 20.3 Å². The number of amides is 1. The van der Waals surface area contributed by atoms with Gasteiger partial charge in [-0.3, -0.25) is 9.59 Å². The summed E-state index contributed by atoms with van der Waals surface area (Å²) in [6, 6.07) is 0. The Hall–Kier alpha value is -0.600. The Balaban J connectivity index is 4.31. The second-order valence-corrected chi connectivity index (χ2v) is 10.4. The number of hydrogen-bond donors (Lipinski definition) is 3. The van der Waals surface area contributed by atoms with E-state index in [9.17, 15) is 24.6 Å². The molecule has 7 nitrogen and oxygen atoms in total. The topological polar surface area (TPSA) is 113 Å². The molecule has 0 radical (unpaired) electrons. The molecule has 1 amide bonds. The number of hydrogen-bond acceptors (Lipinski definition) is 6. The van der Waals surface area contributed by atoms with Crippen LogP contribution in [0.2, 0.25) is 0 Å². The molecule has 0 saturated carbocycles. The van der Waals surface area contributed by atoms with Gasteiger partial charge in [0.05, 0.1) is 19.8 Å². The number of rotatable bonds is 18. The van der Waals surface area contributed by atoms with Crippen LogP contribution in [-0.2, 0) is 19.1 Å². The summed E-state index contributed by atoms with van der Waals surface area (Å²) in [4.78, 5) is 36.0. The third kappa shape index (κ3) is 12.0. The Morgan fingerprint density at radius 3 is 1.88 bits per heavy atom. The highest BCUT2D eigenvalue weighted by molar-refractivity contribution is 6.76. The maximum atomic E-state index is 12.2. The van der Waals surface area contributed by atoms with E-state index in [1.807, 2.05) is 0 Å².